The number of carbonyl (C=O) groups excluding carboxylic acids is 2. The molecule has 0 spiro atoms. The zero-order valence-corrected chi connectivity index (χ0v) is 21.3. The number of pyridine rings is 1. The highest BCUT2D eigenvalue weighted by molar-refractivity contribution is 6.17. The van der Waals surface area contributed by atoms with Gasteiger partial charge in [0, 0.05) is 35.3 Å². The first-order chi connectivity index (χ1) is 18.0. The molecule has 0 fully saturated rings. The number of carbonyl (C=O) groups is 2. The van der Waals surface area contributed by atoms with E-state index < -0.39 is 5.97 Å². The summed E-state index contributed by atoms with van der Waals surface area (Å²) in [7, 11) is 1.56. The van der Waals surface area contributed by atoms with Crippen molar-refractivity contribution in [3.05, 3.63) is 76.8 Å². The molecule has 2 aromatic heterocycles. The van der Waals surface area contributed by atoms with Gasteiger partial charge in [-0.15, -0.1) is 11.6 Å². The van der Waals surface area contributed by atoms with E-state index in [0.717, 1.165) is 12.8 Å². The van der Waals surface area contributed by atoms with E-state index in [-0.39, 0.29) is 29.3 Å². The van der Waals surface area contributed by atoms with Crippen LogP contribution < -0.4 is 15.6 Å². The third-order valence-corrected chi connectivity index (χ3v) is 6.00. The van der Waals surface area contributed by atoms with E-state index in [0.29, 0.717) is 40.5 Å². The number of rotatable bonds is 10. The zero-order valence-electron chi connectivity index (χ0n) is 20.6. The second-order valence-electron chi connectivity index (χ2n) is 8.17. The molecule has 37 heavy (non-hydrogen) atoms. The number of methoxy groups -OCH3 is 1. The lowest BCUT2D eigenvalue weighted by Crippen LogP contribution is -2.20. The summed E-state index contributed by atoms with van der Waals surface area (Å²) in [4.78, 5) is 38.4. The van der Waals surface area contributed by atoms with Crippen LogP contribution in [0.3, 0.4) is 0 Å². The van der Waals surface area contributed by atoms with Crippen molar-refractivity contribution < 1.29 is 19.1 Å². The number of aromatic nitrogens is 3. The molecule has 1 amide bonds. The first-order valence-corrected chi connectivity index (χ1v) is 12.4. The van der Waals surface area contributed by atoms with Gasteiger partial charge in [-0.05, 0) is 74.4 Å². The van der Waals surface area contributed by atoms with E-state index in [1.807, 2.05) is 0 Å². The van der Waals surface area contributed by atoms with E-state index in [1.54, 1.807) is 74.8 Å². The van der Waals surface area contributed by atoms with Gasteiger partial charge in [-0.3, -0.25) is 14.2 Å². The molecule has 192 valence electrons. The number of ether oxygens (including phenoxy) is 2. The number of esters is 1. The van der Waals surface area contributed by atoms with Gasteiger partial charge < -0.3 is 14.8 Å². The summed E-state index contributed by atoms with van der Waals surface area (Å²) < 4.78 is 13.3. The zero-order chi connectivity index (χ0) is 26.4. The van der Waals surface area contributed by atoms with E-state index in [2.05, 4.69) is 10.4 Å². The van der Waals surface area contributed by atoms with E-state index >= 15 is 0 Å². The van der Waals surface area contributed by atoms with Crippen molar-refractivity contribution in [2.24, 2.45) is 0 Å². The smallest absolute Gasteiger partial charge is 0.359 e. The van der Waals surface area contributed by atoms with Crippen LogP contribution >= 0.6 is 11.6 Å². The number of nitrogens with one attached hydrogen (secondary N) is 1. The lowest BCUT2D eigenvalue weighted by molar-refractivity contribution is -0.116. The van der Waals surface area contributed by atoms with Crippen LogP contribution in [0, 0.1) is 0 Å². The van der Waals surface area contributed by atoms with E-state index in [4.69, 9.17) is 21.1 Å². The number of hydrogen-bond donors (Lipinski definition) is 1. The van der Waals surface area contributed by atoms with Gasteiger partial charge in [-0.1, -0.05) is 0 Å². The average Bonchev–Trinajstić information content (AvgIpc) is 3.31. The largest absolute Gasteiger partial charge is 0.497 e. The molecule has 0 saturated heterocycles. The van der Waals surface area contributed by atoms with Crippen molar-refractivity contribution in [1.82, 2.24) is 14.3 Å². The van der Waals surface area contributed by atoms with Crippen LogP contribution in [0.2, 0.25) is 0 Å². The molecular weight excluding hydrogens is 496 g/mol. The standard InChI is InChI=1S/C27H27ClN4O5/c1-3-37-27(35)24-22-15-17-31(19-9-7-18(8-10-19)29-23(33)6-4-5-16-28)26(34)25(22)32(30-24)20-11-13-21(36-2)14-12-20/h7-15,17H,3-6,16H2,1-2H3,(H,29,33). The predicted molar refractivity (Wildman–Crippen MR) is 142 cm³/mol. The Morgan fingerprint density at radius 2 is 1.70 bits per heavy atom. The maximum absolute atomic E-state index is 13.7. The van der Waals surface area contributed by atoms with Gasteiger partial charge in [0.15, 0.2) is 5.69 Å². The summed E-state index contributed by atoms with van der Waals surface area (Å²) in [6, 6.07) is 15.6. The van der Waals surface area contributed by atoms with E-state index in [9.17, 15) is 14.4 Å². The first-order valence-electron chi connectivity index (χ1n) is 11.9. The van der Waals surface area contributed by atoms with Gasteiger partial charge in [-0.25, -0.2) is 9.48 Å². The second kappa shape index (κ2) is 11.7. The van der Waals surface area contributed by atoms with E-state index in [1.165, 1.54) is 9.25 Å². The molecule has 4 rings (SSSR count). The van der Waals surface area contributed by atoms with Crippen molar-refractivity contribution in [2.75, 3.05) is 24.9 Å². The number of alkyl halides is 1. The molecule has 1 N–H and O–H groups in total. The van der Waals surface area contributed by atoms with Gasteiger partial charge in [0.25, 0.3) is 5.56 Å². The van der Waals surface area contributed by atoms with Crippen LogP contribution in [-0.4, -0.2) is 45.8 Å². The Hall–Kier alpha value is -4.11. The summed E-state index contributed by atoms with van der Waals surface area (Å²) in [5.74, 6) is 0.476. The summed E-state index contributed by atoms with van der Waals surface area (Å²) in [6.45, 7) is 1.89. The molecule has 0 atom stereocenters. The van der Waals surface area contributed by atoms with Crippen LogP contribution in [0.4, 0.5) is 5.69 Å². The summed E-state index contributed by atoms with van der Waals surface area (Å²) in [5.41, 5.74) is 1.73. The van der Waals surface area contributed by atoms with Crippen molar-refractivity contribution in [3.63, 3.8) is 0 Å². The number of halogens is 1. The van der Waals surface area contributed by atoms with Gasteiger partial charge in [0.2, 0.25) is 5.91 Å². The summed E-state index contributed by atoms with van der Waals surface area (Å²) in [6.07, 6.45) is 3.48. The summed E-state index contributed by atoms with van der Waals surface area (Å²) >= 11 is 5.66. The fraction of sp³-hybridized carbons (Fsp3) is 0.259. The number of unbranched alkanes of at least 4 members (excludes halogenated alkanes) is 1. The van der Waals surface area contributed by atoms with Crippen LogP contribution in [0.5, 0.6) is 5.75 Å². The minimum absolute atomic E-state index is 0.0594. The predicted octanol–water partition coefficient (Wildman–Crippen LogP) is 4.71. The second-order valence-corrected chi connectivity index (χ2v) is 8.55. The molecule has 0 bridgehead atoms. The van der Waals surface area contributed by atoms with Crippen LogP contribution in [0.1, 0.15) is 36.7 Å². The van der Waals surface area contributed by atoms with Crippen LogP contribution in [0.15, 0.2) is 65.6 Å². The van der Waals surface area contributed by atoms with Gasteiger partial charge in [0.05, 0.1) is 19.4 Å². The van der Waals surface area contributed by atoms with Crippen LogP contribution in [-0.2, 0) is 9.53 Å². The highest BCUT2D eigenvalue weighted by Crippen LogP contribution is 2.23. The third-order valence-electron chi connectivity index (χ3n) is 5.74. The molecule has 0 unspecified atom stereocenters. The summed E-state index contributed by atoms with van der Waals surface area (Å²) in [5, 5.41) is 7.67. The average molecular weight is 523 g/mol. The highest BCUT2D eigenvalue weighted by atomic mass is 35.5. The fourth-order valence-corrected chi connectivity index (χ4v) is 4.09. The Labute approximate surface area is 218 Å². The molecule has 4 aromatic rings. The fourth-order valence-electron chi connectivity index (χ4n) is 3.90. The molecule has 0 aliphatic heterocycles. The minimum Gasteiger partial charge on any atom is -0.497 e. The maximum Gasteiger partial charge on any atom is 0.359 e. The highest BCUT2D eigenvalue weighted by Gasteiger charge is 2.22. The molecule has 0 saturated carbocycles. The van der Waals surface area contributed by atoms with Gasteiger partial charge >= 0.3 is 5.97 Å². The Balaban J connectivity index is 1.73. The van der Waals surface area contributed by atoms with Crippen molar-refractivity contribution in [2.45, 2.75) is 26.2 Å². The van der Waals surface area contributed by atoms with Crippen LogP contribution in [0.25, 0.3) is 22.3 Å². The first kappa shape index (κ1) is 26.0. The van der Waals surface area contributed by atoms with Crippen molar-refractivity contribution >= 4 is 40.1 Å². The van der Waals surface area contributed by atoms with Crippen molar-refractivity contribution in [3.8, 4) is 17.1 Å². The normalized spacial score (nSPS) is 10.9. The molecule has 9 nitrogen and oxygen atoms in total. The molecule has 10 heteroatoms. The Morgan fingerprint density at radius 3 is 2.35 bits per heavy atom. The Kier molecular flexibility index (Phi) is 8.25. The number of benzene rings is 2. The maximum atomic E-state index is 13.7. The molecular formula is C27H27ClN4O5. The molecule has 2 aromatic carbocycles. The number of nitrogens with zero attached hydrogens (tertiary/aromatic N) is 3. The van der Waals surface area contributed by atoms with Crippen molar-refractivity contribution in [1.29, 1.82) is 0 Å². The lowest BCUT2D eigenvalue weighted by atomic mass is 10.2. The quantitative estimate of drug-likeness (QED) is 0.184. The molecule has 0 aliphatic rings. The molecule has 0 aliphatic carbocycles. The molecule has 2 heterocycles. The third kappa shape index (κ3) is 5.67. The number of fused-ring (bicyclic) bond motifs is 1. The number of hydrogen-bond acceptors (Lipinski definition) is 6. The van der Waals surface area contributed by atoms with Gasteiger partial charge in [-0.2, -0.15) is 5.10 Å². The monoisotopic (exact) mass is 522 g/mol. The number of amides is 1. The Bertz CT molecular complexity index is 1460. The Morgan fingerprint density at radius 1 is 1.00 bits per heavy atom. The van der Waals surface area contributed by atoms with Gasteiger partial charge in [0.1, 0.15) is 11.3 Å². The number of anilines is 1. The minimum atomic E-state index is -0.608. The molecule has 0 radical (unpaired) electrons. The lowest BCUT2D eigenvalue weighted by Gasteiger charge is -2.10. The topological polar surface area (TPSA) is 104 Å². The SMILES string of the molecule is CCOC(=O)c1nn(-c2ccc(OC)cc2)c2c(=O)n(-c3ccc(NC(=O)CCCCCl)cc3)ccc12.